The summed E-state index contributed by atoms with van der Waals surface area (Å²) in [6.45, 7) is 0. The summed E-state index contributed by atoms with van der Waals surface area (Å²) >= 11 is 0. The molecule has 3 heteroatoms. The minimum Gasteiger partial charge on any atom is -0.327 e. The molecule has 0 aromatic heterocycles. The average molecular weight is 256 g/mol. The monoisotopic (exact) mass is 256 g/mol. The molecular weight excluding hydrogens is 236 g/mol. The Morgan fingerprint density at radius 1 is 1.32 bits per heavy atom. The number of rotatable bonds is 4. The Balaban J connectivity index is 1.95. The third-order valence-corrected chi connectivity index (χ3v) is 4.13. The van der Waals surface area contributed by atoms with Crippen LogP contribution in [0.1, 0.15) is 37.7 Å². The summed E-state index contributed by atoms with van der Waals surface area (Å²) in [5.74, 6) is 0.0762. The van der Waals surface area contributed by atoms with Crippen LogP contribution in [0.5, 0.6) is 0 Å². The molecule has 0 aliphatic heterocycles. The van der Waals surface area contributed by atoms with E-state index in [1.807, 2.05) is 30.3 Å². The van der Waals surface area contributed by atoms with E-state index >= 15 is 0 Å². The normalized spacial score (nSPS) is 16.8. The van der Waals surface area contributed by atoms with Crippen molar-refractivity contribution in [3.8, 4) is 6.07 Å². The molecule has 1 aliphatic carbocycles. The van der Waals surface area contributed by atoms with Gasteiger partial charge in [-0.25, -0.2) is 0 Å². The van der Waals surface area contributed by atoms with Crippen molar-refractivity contribution in [2.75, 3.05) is 7.05 Å². The molecule has 1 saturated carbocycles. The molecule has 1 amide bonds. The number of benzene rings is 1. The summed E-state index contributed by atoms with van der Waals surface area (Å²) in [4.78, 5) is 13.9. The van der Waals surface area contributed by atoms with Crippen LogP contribution in [0.3, 0.4) is 0 Å². The molecule has 2 rings (SSSR count). The van der Waals surface area contributed by atoms with Crippen molar-refractivity contribution in [2.45, 2.75) is 44.1 Å². The maximum Gasteiger partial charge on any atom is 0.223 e. The lowest BCUT2D eigenvalue weighted by atomic mass is 9.97. The molecule has 0 bridgehead atoms. The molecule has 0 unspecified atom stereocenters. The number of carbonyl (C=O) groups is 1. The predicted molar refractivity (Wildman–Crippen MR) is 74.3 cm³/mol. The number of nitrogens with zero attached hydrogens (tertiary/aromatic N) is 2. The summed E-state index contributed by atoms with van der Waals surface area (Å²) < 4.78 is 0. The third-order valence-electron chi connectivity index (χ3n) is 4.13. The van der Waals surface area contributed by atoms with Crippen molar-refractivity contribution < 1.29 is 4.79 Å². The summed E-state index contributed by atoms with van der Waals surface area (Å²) in [6, 6.07) is 12.4. The second-order valence-electron chi connectivity index (χ2n) is 5.29. The third kappa shape index (κ3) is 2.96. The molecule has 0 N–H and O–H groups in total. The molecule has 1 fully saturated rings. The number of amides is 1. The van der Waals surface area contributed by atoms with E-state index in [0.717, 1.165) is 32.1 Å². The van der Waals surface area contributed by atoms with Crippen molar-refractivity contribution in [1.29, 1.82) is 5.26 Å². The minimum absolute atomic E-state index is 0.0762. The Bertz CT molecular complexity index is 469. The van der Waals surface area contributed by atoms with Crippen molar-refractivity contribution in [2.24, 2.45) is 0 Å². The topological polar surface area (TPSA) is 44.1 Å². The van der Waals surface area contributed by atoms with Gasteiger partial charge in [0.2, 0.25) is 5.91 Å². The Morgan fingerprint density at radius 2 is 1.95 bits per heavy atom. The first-order valence-corrected chi connectivity index (χ1v) is 6.90. The molecular formula is C16H20N2O. The van der Waals surface area contributed by atoms with E-state index in [1.165, 1.54) is 5.56 Å². The lowest BCUT2D eigenvalue weighted by molar-refractivity contribution is -0.133. The Kier molecular flexibility index (Phi) is 4.21. The SMILES string of the molecule is CN(C(=O)CCc1ccccc1)C1(C#N)CCCC1. The van der Waals surface area contributed by atoms with E-state index in [2.05, 4.69) is 6.07 Å². The first-order chi connectivity index (χ1) is 9.18. The molecule has 3 nitrogen and oxygen atoms in total. The molecule has 1 aliphatic rings. The smallest absolute Gasteiger partial charge is 0.223 e. The highest BCUT2D eigenvalue weighted by molar-refractivity contribution is 5.77. The molecule has 0 spiro atoms. The summed E-state index contributed by atoms with van der Waals surface area (Å²) in [5, 5.41) is 9.38. The highest BCUT2D eigenvalue weighted by atomic mass is 16.2. The van der Waals surface area contributed by atoms with Gasteiger partial charge in [0.15, 0.2) is 0 Å². The van der Waals surface area contributed by atoms with Gasteiger partial charge in [-0.3, -0.25) is 4.79 Å². The fourth-order valence-corrected chi connectivity index (χ4v) is 2.78. The van der Waals surface area contributed by atoms with Gasteiger partial charge in [-0.2, -0.15) is 5.26 Å². The van der Waals surface area contributed by atoms with Crippen LogP contribution in [0.25, 0.3) is 0 Å². The lowest BCUT2D eigenvalue weighted by Gasteiger charge is -2.32. The van der Waals surface area contributed by atoms with E-state index in [0.29, 0.717) is 6.42 Å². The number of hydrogen-bond donors (Lipinski definition) is 0. The zero-order chi connectivity index (χ0) is 13.7. The fourth-order valence-electron chi connectivity index (χ4n) is 2.78. The highest BCUT2D eigenvalue weighted by Crippen LogP contribution is 2.34. The molecule has 0 heterocycles. The van der Waals surface area contributed by atoms with Gasteiger partial charge in [-0.15, -0.1) is 0 Å². The van der Waals surface area contributed by atoms with Gasteiger partial charge >= 0.3 is 0 Å². The van der Waals surface area contributed by atoms with Gasteiger partial charge in [0.25, 0.3) is 0 Å². The van der Waals surface area contributed by atoms with Crippen LogP contribution in [0.15, 0.2) is 30.3 Å². The number of hydrogen-bond acceptors (Lipinski definition) is 2. The lowest BCUT2D eigenvalue weighted by Crippen LogP contribution is -2.46. The van der Waals surface area contributed by atoms with E-state index < -0.39 is 5.54 Å². The number of carbonyl (C=O) groups excluding carboxylic acids is 1. The van der Waals surface area contributed by atoms with Crippen LogP contribution in [0.4, 0.5) is 0 Å². The number of aryl methyl sites for hydroxylation is 1. The van der Waals surface area contributed by atoms with Gasteiger partial charge in [-0.05, 0) is 37.7 Å². The fraction of sp³-hybridized carbons (Fsp3) is 0.500. The van der Waals surface area contributed by atoms with E-state index in [1.54, 1.807) is 11.9 Å². The van der Waals surface area contributed by atoms with Crippen LogP contribution < -0.4 is 0 Å². The van der Waals surface area contributed by atoms with Crippen LogP contribution in [0, 0.1) is 11.3 Å². The zero-order valence-electron chi connectivity index (χ0n) is 11.4. The van der Waals surface area contributed by atoms with Crippen molar-refractivity contribution in [3.05, 3.63) is 35.9 Å². The van der Waals surface area contributed by atoms with Gasteiger partial charge < -0.3 is 4.90 Å². The van der Waals surface area contributed by atoms with E-state index in [9.17, 15) is 10.1 Å². The maximum atomic E-state index is 12.2. The molecule has 1 aromatic carbocycles. The minimum atomic E-state index is -0.548. The predicted octanol–water partition coefficient (Wildman–Crippen LogP) is 2.91. The number of nitriles is 1. The molecule has 1 aromatic rings. The average Bonchev–Trinajstić information content (AvgIpc) is 2.95. The Morgan fingerprint density at radius 3 is 2.53 bits per heavy atom. The van der Waals surface area contributed by atoms with Gasteiger partial charge in [0, 0.05) is 13.5 Å². The quantitative estimate of drug-likeness (QED) is 0.831. The standard InChI is InChI=1S/C16H20N2O/c1-18(16(13-17)11-5-6-12-16)15(19)10-9-14-7-3-2-4-8-14/h2-4,7-8H,5-6,9-12H2,1H3. The van der Waals surface area contributed by atoms with Gasteiger partial charge in [-0.1, -0.05) is 30.3 Å². The van der Waals surface area contributed by atoms with Crippen LogP contribution in [-0.4, -0.2) is 23.4 Å². The van der Waals surface area contributed by atoms with Crippen LogP contribution >= 0.6 is 0 Å². The van der Waals surface area contributed by atoms with Crippen molar-refractivity contribution in [1.82, 2.24) is 4.90 Å². The first kappa shape index (κ1) is 13.6. The molecule has 0 radical (unpaired) electrons. The Labute approximate surface area is 114 Å². The molecule has 100 valence electrons. The molecule has 0 saturated heterocycles. The summed E-state index contributed by atoms with van der Waals surface area (Å²) in [6.07, 6.45) is 4.94. The van der Waals surface area contributed by atoms with Crippen molar-refractivity contribution in [3.63, 3.8) is 0 Å². The zero-order valence-corrected chi connectivity index (χ0v) is 11.4. The summed E-state index contributed by atoms with van der Waals surface area (Å²) in [7, 11) is 1.78. The second-order valence-corrected chi connectivity index (χ2v) is 5.29. The Hall–Kier alpha value is -1.82. The van der Waals surface area contributed by atoms with E-state index in [4.69, 9.17) is 0 Å². The summed E-state index contributed by atoms with van der Waals surface area (Å²) in [5.41, 5.74) is 0.620. The molecule has 0 atom stereocenters. The van der Waals surface area contributed by atoms with Crippen LogP contribution in [-0.2, 0) is 11.2 Å². The maximum absolute atomic E-state index is 12.2. The van der Waals surface area contributed by atoms with E-state index in [-0.39, 0.29) is 5.91 Å². The van der Waals surface area contributed by atoms with Crippen LogP contribution in [0.2, 0.25) is 0 Å². The highest BCUT2D eigenvalue weighted by Gasteiger charge is 2.40. The first-order valence-electron chi connectivity index (χ1n) is 6.90. The van der Waals surface area contributed by atoms with Gasteiger partial charge in [0.1, 0.15) is 5.54 Å². The molecule has 19 heavy (non-hydrogen) atoms. The van der Waals surface area contributed by atoms with Crippen molar-refractivity contribution >= 4 is 5.91 Å². The largest absolute Gasteiger partial charge is 0.327 e. The van der Waals surface area contributed by atoms with Gasteiger partial charge in [0.05, 0.1) is 6.07 Å². The second kappa shape index (κ2) is 5.88.